The number of nitrogens with one attached hydrogen (secondary N) is 1. The van der Waals surface area contributed by atoms with E-state index in [4.69, 9.17) is 0 Å². The molecule has 1 rings (SSSR count). The number of amides is 1. The Morgan fingerprint density at radius 3 is 2.29 bits per heavy atom. The van der Waals surface area contributed by atoms with Gasteiger partial charge in [0.25, 0.3) is 0 Å². The lowest BCUT2D eigenvalue weighted by Gasteiger charge is -2.34. The molecule has 0 aromatic rings. The van der Waals surface area contributed by atoms with Crippen LogP contribution in [0.3, 0.4) is 0 Å². The highest BCUT2D eigenvalue weighted by Gasteiger charge is 2.26. The zero-order valence-corrected chi connectivity index (χ0v) is 13.6. The molecule has 1 aliphatic rings. The molecule has 2 N–H and O–H groups in total. The minimum absolute atomic E-state index is 0.115. The Hall–Kier alpha value is -1.14. The van der Waals surface area contributed by atoms with E-state index in [9.17, 15) is 14.7 Å². The summed E-state index contributed by atoms with van der Waals surface area (Å²) in [4.78, 5) is 26.7. The molecule has 0 radical (unpaired) electrons. The highest BCUT2D eigenvalue weighted by molar-refractivity contribution is 5.77. The molecule has 0 aliphatic carbocycles. The van der Waals surface area contributed by atoms with Gasteiger partial charge in [-0.3, -0.25) is 14.5 Å². The van der Waals surface area contributed by atoms with Gasteiger partial charge in [-0.15, -0.1) is 0 Å². The highest BCUT2D eigenvalue weighted by Crippen LogP contribution is 2.13. The van der Waals surface area contributed by atoms with Crippen LogP contribution in [0.25, 0.3) is 0 Å². The van der Waals surface area contributed by atoms with Gasteiger partial charge in [0.05, 0.1) is 6.54 Å². The van der Waals surface area contributed by atoms with Crippen LogP contribution in [0, 0.1) is 5.92 Å². The molecule has 1 saturated heterocycles. The number of hydrogen-bond donors (Lipinski definition) is 2. The summed E-state index contributed by atoms with van der Waals surface area (Å²) in [5.74, 6) is -0.296. The maximum Gasteiger partial charge on any atom is 0.320 e. The van der Waals surface area contributed by atoms with Gasteiger partial charge in [-0.25, -0.2) is 0 Å². The molecule has 0 spiro atoms. The quantitative estimate of drug-likeness (QED) is 0.721. The lowest BCUT2D eigenvalue weighted by atomic mass is 9.99. The van der Waals surface area contributed by atoms with E-state index in [-0.39, 0.29) is 11.9 Å². The third-order valence-electron chi connectivity index (χ3n) is 3.89. The van der Waals surface area contributed by atoms with Gasteiger partial charge in [-0.2, -0.15) is 0 Å². The number of likely N-dealkylation sites (tertiary alicyclic amines) is 1. The van der Waals surface area contributed by atoms with Crippen molar-refractivity contribution in [3.05, 3.63) is 0 Å². The maximum atomic E-state index is 11.7. The maximum absolute atomic E-state index is 11.7. The molecule has 122 valence electrons. The first kappa shape index (κ1) is 17.9. The van der Waals surface area contributed by atoms with Crippen LogP contribution in [-0.2, 0) is 9.59 Å². The van der Waals surface area contributed by atoms with E-state index in [0.717, 1.165) is 25.9 Å². The van der Waals surface area contributed by atoms with Gasteiger partial charge in [-0.1, -0.05) is 13.8 Å². The van der Waals surface area contributed by atoms with Crippen molar-refractivity contribution in [2.45, 2.75) is 45.2 Å². The fourth-order valence-corrected chi connectivity index (χ4v) is 2.59. The minimum atomic E-state index is -0.770. The van der Waals surface area contributed by atoms with E-state index >= 15 is 0 Å². The van der Waals surface area contributed by atoms with Crippen LogP contribution in [0.2, 0.25) is 0 Å². The van der Waals surface area contributed by atoms with E-state index in [2.05, 4.69) is 10.2 Å². The van der Waals surface area contributed by atoms with E-state index in [0.29, 0.717) is 18.9 Å². The van der Waals surface area contributed by atoms with Crippen molar-refractivity contribution in [3.63, 3.8) is 0 Å². The SMILES string of the molecule is CC(C)CC(NC1CCN(CC(=O)N(C)C)CC1)C(=O)O. The van der Waals surface area contributed by atoms with E-state index in [1.807, 2.05) is 13.8 Å². The summed E-state index contributed by atoms with van der Waals surface area (Å²) < 4.78 is 0. The van der Waals surface area contributed by atoms with Crippen LogP contribution in [0.1, 0.15) is 33.1 Å². The third-order valence-corrected chi connectivity index (χ3v) is 3.89. The topological polar surface area (TPSA) is 72.9 Å². The van der Waals surface area contributed by atoms with Gasteiger partial charge < -0.3 is 15.3 Å². The van der Waals surface area contributed by atoms with Gasteiger partial charge >= 0.3 is 5.97 Å². The predicted octanol–water partition coefficient (Wildman–Crippen LogP) is 0.628. The van der Waals surface area contributed by atoms with Crippen LogP contribution in [0.15, 0.2) is 0 Å². The number of nitrogens with zero attached hydrogens (tertiary/aromatic N) is 2. The number of carboxylic acids is 1. The molecule has 0 bridgehead atoms. The van der Waals surface area contributed by atoms with Gasteiger partial charge in [0.2, 0.25) is 5.91 Å². The van der Waals surface area contributed by atoms with Crippen LogP contribution in [0.4, 0.5) is 0 Å². The van der Waals surface area contributed by atoms with Crippen molar-refractivity contribution in [3.8, 4) is 0 Å². The number of hydrogen-bond acceptors (Lipinski definition) is 4. The molecule has 1 fully saturated rings. The Morgan fingerprint density at radius 2 is 1.86 bits per heavy atom. The number of aliphatic carboxylic acids is 1. The van der Waals surface area contributed by atoms with E-state index in [1.165, 1.54) is 0 Å². The molecule has 1 amide bonds. The number of carbonyl (C=O) groups is 2. The Kier molecular flexibility index (Phi) is 7.11. The summed E-state index contributed by atoms with van der Waals surface area (Å²) >= 11 is 0. The standard InChI is InChI=1S/C15H29N3O3/c1-11(2)9-13(15(20)21)16-12-5-7-18(8-6-12)10-14(19)17(3)4/h11-13,16H,5-10H2,1-4H3,(H,20,21). The minimum Gasteiger partial charge on any atom is -0.480 e. The smallest absolute Gasteiger partial charge is 0.320 e. The van der Waals surface area contributed by atoms with E-state index < -0.39 is 12.0 Å². The predicted molar refractivity (Wildman–Crippen MR) is 82.2 cm³/mol. The molecule has 0 aromatic heterocycles. The first-order chi connectivity index (χ1) is 9.79. The van der Waals surface area contributed by atoms with Crippen molar-refractivity contribution < 1.29 is 14.7 Å². The molecule has 6 nitrogen and oxygen atoms in total. The van der Waals surface area contributed by atoms with E-state index in [1.54, 1.807) is 19.0 Å². The second-order valence-corrected chi connectivity index (χ2v) is 6.53. The van der Waals surface area contributed by atoms with Gasteiger partial charge in [0.1, 0.15) is 6.04 Å². The molecule has 1 unspecified atom stereocenters. The van der Waals surface area contributed by atoms with Crippen molar-refractivity contribution in [2.24, 2.45) is 5.92 Å². The average Bonchev–Trinajstić information content (AvgIpc) is 2.39. The van der Waals surface area contributed by atoms with Crippen LogP contribution in [0.5, 0.6) is 0 Å². The molecular formula is C15H29N3O3. The van der Waals surface area contributed by atoms with Crippen LogP contribution >= 0.6 is 0 Å². The number of piperidine rings is 1. The molecule has 0 saturated carbocycles. The number of carboxylic acid groups (broad SMARTS) is 1. The molecular weight excluding hydrogens is 270 g/mol. The Morgan fingerprint density at radius 1 is 1.29 bits per heavy atom. The molecule has 0 aromatic carbocycles. The van der Waals surface area contributed by atoms with Crippen molar-refractivity contribution in [1.29, 1.82) is 0 Å². The summed E-state index contributed by atoms with van der Waals surface area (Å²) in [6.45, 7) is 6.20. The average molecular weight is 299 g/mol. The Labute approximate surface area is 127 Å². The first-order valence-corrected chi connectivity index (χ1v) is 7.71. The van der Waals surface area contributed by atoms with Crippen molar-refractivity contribution >= 4 is 11.9 Å². The largest absolute Gasteiger partial charge is 0.480 e. The summed E-state index contributed by atoms with van der Waals surface area (Å²) in [7, 11) is 3.53. The van der Waals surface area contributed by atoms with Crippen molar-refractivity contribution in [2.75, 3.05) is 33.7 Å². The monoisotopic (exact) mass is 299 g/mol. The molecule has 1 aliphatic heterocycles. The molecule has 21 heavy (non-hydrogen) atoms. The Balaban J connectivity index is 2.38. The second kappa shape index (κ2) is 8.34. The zero-order chi connectivity index (χ0) is 16.0. The highest BCUT2D eigenvalue weighted by atomic mass is 16.4. The first-order valence-electron chi connectivity index (χ1n) is 7.71. The fourth-order valence-electron chi connectivity index (χ4n) is 2.59. The number of likely N-dealkylation sites (N-methyl/N-ethyl adjacent to an activating group) is 1. The third kappa shape index (κ3) is 6.44. The summed E-state index contributed by atoms with van der Waals surface area (Å²) in [6, 6.07) is -0.236. The van der Waals surface area contributed by atoms with Gasteiger partial charge in [0, 0.05) is 33.2 Å². The normalized spacial score (nSPS) is 18.7. The summed E-state index contributed by atoms with van der Waals surface area (Å²) in [6.07, 6.45) is 2.43. The van der Waals surface area contributed by atoms with Gasteiger partial charge in [0.15, 0.2) is 0 Å². The Bertz CT molecular complexity index is 350. The fraction of sp³-hybridized carbons (Fsp3) is 0.867. The number of carbonyl (C=O) groups excluding carboxylic acids is 1. The zero-order valence-electron chi connectivity index (χ0n) is 13.6. The molecule has 6 heteroatoms. The lowest BCUT2D eigenvalue weighted by Crippen LogP contribution is -2.50. The van der Waals surface area contributed by atoms with Crippen LogP contribution in [-0.4, -0.2) is 72.6 Å². The summed E-state index contributed by atoms with van der Waals surface area (Å²) in [5, 5.41) is 12.5. The number of rotatable bonds is 7. The van der Waals surface area contributed by atoms with Crippen molar-refractivity contribution in [1.82, 2.24) is 15.1 Å². The van der Waals surface area contributed by atoms with Gasteiger partial charge in [-0.05, 0) is 25.2 Å². The van der Waals surface area contributed by atoms with Crippen LogP contribution < -0.4 is 5.32 Å². The second-order valence-electron chi connectivity index (χ2n) is 6.53. The molecule has 1 atom stereocenters. The summed E-state index contributed by atoms with van der Waals surface area (Å²) in [5.41, 5.74) is 0. The molecule has 1 heterocycles. The lowest BCUT2D eigenvalue weighted by molar-refractivity contribution is -0.140.